The molecule has 2 heterocycles. The molecule has 4 aromatic rings. The van der Waals surface area contributed by atoms with Crippen LogP contribution in [-0.4, -0.2) is 365 Å². The number of primary amides is 1. The normalized spacial score (nSPS) is 15.1. The number of hydrogen-bond donors (Lipinski definition) is 23. The minimum absolute atomic E-state index is 0. The number of aromatic amines is 1. The zero-order valence-electron chi connectivity index (χ0n) is 78.9. The van der Waals surface area contributed by atoms with Gasteiger partial charge in [0.05, 0.1) is 37.4 Å². The van der Waals surface area contributed by atoms with Gasteiger partial charge in [0.15, 0.2) is 0 Å². The molecular formula is C90H120LuN19O35. The molecule has 0 unspecified atom stereocenters. The number of nitrogens with zero attached hydrogens (tertiary/aromatic N) is 4. The fourth-order valence-corrected chi connectivity index (χ4v) is 14.8. The number of aromatic hydroxyl groups is 1. The molecule has 1 aromatic heterocycles. The molecule has 0 aliphatic carbocycles. The third-order valence-electron chi connectivity index (χ3n) is 22.4. The van der Waals surface area contributed by atoms with Gasteiger partial charge in [0.1, 0.15) is 78.3 Å². The zero-order chi connectivity index (χ0) is 107. The maximum absolute atomic E-state index is 14.7. The van der Waals surface area contributed by atoms with Crippen LogP contribution in [0.4, 0.5) is 0 Å². The first kappa shape index (κ1) is 123. The van der Waals surface area contributed by atoms with Gasteiger partial charge in [0.2, 0.25) is 82.7 Å². The summed E-state index contributed by atoms with van der Waals surface area (Å²) in [4.78, 5) is 327. The number of phenols is 1. The first-order valence-corrected chi connectivity index (χ1v) is 45.6. The Morgan fingerprint density at radius 3 is 1.03 bits per heavy atom. The van der Waals surface area contributed by atoms with E-state index < -0.39 is 338 Å². The quantitative estimate of drug-likeness (QED) is 0.0195. The number of aromatic nitrogens is 1. The van der Waals surface area contributed by atoms with Crippen LogP contribution in [0.3, 0.4) is 0 Å². The number of hydrogen-bond acceptors (Lipinski definition) is 32. The number of nitrogens with one attached hydrogen (secondary N) is 14. The number of carbonyl (C=O) groups is 24. The largest absolute Gasteiger partial charge is 3.00 e. The molecule has 145 heavy (non-hydrogen) atoms. The molecule has 1 fully saturated rings. The molecule has 1 saturated heterocycles. The van der Waals surface area contributed by atoms with Gasteiger partial charge in [0, 0.05) is 147 Å². The molecule has 54 nitrogen and oxygen atoms in total. The third kappa shape index (κ3) is 47.4. The summed E-state index contributed by atoms with van der Waals surface area (Å²) in [5.74, 6) is -33.4. The molecule has 1 aliphatic rings. The summed E-state index contributed by atoms with van der Waals surface area (Å²) in [6.45, 7) is -1.83. The molecule has 55 heteroatoms. The summed E-state index contributed by atoms with van der Waals surface area (Å²) in [5.41, 5.74) is 7.48. The summed E-state index contributed by atoms with van der Waals surface area (Å²) in [6.07, 6.45) is -10.9. The second-order valence-corrected chi connectivity index (χ2v) is 33.8. The zero-order valence-corrected chi connectivity index (χ0v) is 80.5. The number of H-pyrrole nitrogens is 1. The van der Waals surface area contributed by atoms with E-state index in [0.29, 0.717) is 28.5 Å². The number of carbonyl (C=O) groups excluding carboxylic acids is 17. The third-order valence-corrected chi connectivity index (χ3v) is 22.4. The molecule has 0 radical (unpaired) electrons. The molecule has 14 amide bonds. The van der Waals surface area contributed by atoms with Gasteiger partial charge in [0.25, 0.3) is 0 Å². The second-order valence-electron chi connectivity index (χ2n) is 33.8. The molecule has 24 N–H and O–H groups in total. The van der Waals surface area contributed by atoms with Gasteiger partial charge in [-0.15, -0.1) is 0 Å². The van der Waals surface area contributed by atoms with Crippen molar-refractivity contribution in [3.05, 3.63) is 102 Å². The van der Waals surface area contributed by atoms with Crippen LogP contribution in [0, 0.1) is 36.9 Å². The molecule has 0 spiro atoms. The summed E-state index contributed by atoms with van der Waals surface area (Å²) in [7, 11) is 0. The molecule has 800 valence electrons. The van der Waals surface area contributed by atoms with Crippen LogP contribution in [0.15, 0.2) is 85.1 Å². The van der Waals surface area contributed by atoms with Crippen molar-refractivity contribution in [2.24, 2.45) is 5.73 Å². The van der Waals surface area contributed by atoms with Crippen LogP contribution in [0.25, 0.3) is 10.9 Å². The number of unbranched alkanes of at least 4 members (excludes halogenated alkanes) is 1. The van der Waals surface area contributed by atoms with Crippen LogP contribution in [-0.2, 0) is 134 Å². The van der Waals surface area contributed by atoms with Crippen molar-refractivity contribution < 1.29 is 208 Å². The Hall–Kier alpha value is -14.6. The Labute approximate surface area is 856 Å². The Morgan fingerprint density at radius 1 is 0.345 bits per heavy atom. The van der Waals surface area contributed by atoms with Gasteiger partial charge < -0.3 is 150 Å². The number of amides is 14. The Morgan fingerprint density at radius 2 is 0.655 bits per heavy atom. The average Bonchev–Trinajstić information content (AvgIpc) is 1.69. The SMILES string of the molecule is CCCC[C@H](NC(=O)[C@H](Cc1c[nH]c2ccccc12)NC(=O)CNC(=O)[C@H](Cc1ccc(O)cc1)NC(=O)[C@H](C)NC(=O)[C@@H](CCC(=O)O)NC(=O)[C@@H](CCC(=O)O)NC(=O)[C@@H](CCC(=O)O)NC(=O)[C@@H](CCC(=O)O)NC(=O)[C@@H](CCC(=O)O)NC(=O)[C@@H](CCC(=O)O)NC(=O)CN1CCN(CC(=O)[O-])CCN(CC(=O)[O-])CCN(CC(=O)[O-])CC1)C(=O)N[C@@H](CC(=O)O)C(=O)N[C@@H](Cc1ccccc1)C(N)=O.[177Lu+3]. The maximum atomic E-state index is 14.7. The van der Waals surface area contributed by atoms with E-state index in [1.807, 2.05) is 0 Å². The van der Waals surface area contributed by atoms with Crippen molar-refractivity contribution in [3.63, 3.8) is 0 Å². The van der Waals surface area contributed by atoms with E-state index in [-0.39, 0.29) is 126 Å². The first-order valence-electron chi connectivity index (χ1n) is 45.6. The fourth-order valence-electron chi connectivity index (χ4n) is 14.8. The molecular weight excluding hydrogens is 2080 g/mol. The van der Waals surface area contributed by atoms with Gasteiger partial charge in [-0.25, -0.2) is 0 Å². The number of carboxylic acid groups (broad SMARTS) is 10. The molecule has 1 aliphatic heterocycles. The number of nitrogens with two attached hydrogens (primary N) is 1. The fraction of sp³-hybridized carbons (Fsp3) is 0.511. The monoisotopic (exact) mass is 2200 g/mol. The minimum Gasteiger partial charge on any atom is -0.549 e. The van der Waals surface area contributed by atoms with Gasteiger partial charge >= 0.3 is 78.7 Å². The van der Waals surface area contributed by atoms with Crippen molar-refractivity contribution in [2.45, 2.75) is 208 Å². The van der Waals surface area contributed by atoms with E-state index in [1.54, 1.807) is 61.5 Å². The van der Waals surface area contributed by atoms with E-state index in [9.17, 15) is 171 Å². The molecule has 5 rings (SSSR count). The summed E-state index contributed by atoms with van der Waals surface area (Å²) in [5, 5.41) is 144. The average molecular weight is 2200 g/mol. The van der Waals surface area contributed by atoms with E-state index >= 15 is 0 Å². The Balaban J connectivity index is 0.0000438. The molecule has 12 atom stereocenters. The van der Waals surface area contributed by atoms with Gasteiger partial charge in [-0.3, -0.25) is 120 Å². The van der Waals surface area contributed by atoms with E-state index in [2.05, 4.69) is 74.1 Å². The number of phenolic OH excluding ortho intramolecular Hbond substituents is 1. The summed E-state index contributed by atoms with van der Waals surface area (Å²) in [6, 6.07) is -2.24. The number of rotatable bonds is 63. The molecule has 0 bridgehead atoms. The minimum atomic E-state index is -2.19. The first-order chi connectivity index (χ1) is 68.0. The second kappa shape index (κ2) is 63.4. The van der Waals surface area contributed by atoms with E-state index in [0.717, 1.165) is 6.92 Å². The van der Waals surface area contributed by atoms with Crippen molar-refractivity contribution in [1.82, 2.24) is 93.7 Å². The predicted molar refractivity (Wildman–Crippen MR) is 489 cm³/mol. The maximum Gasteiger partial charge on any atom is 3.00 e. The van der Waals surface area contributed by atoms with Gasteiger partial charge in [-0.05, 0) is 86.8 Å². The van der Waals surface area contributed by atoms with Gasteiger partial charge in [-0.2, -0.15) is 0 Å². The van der Waals surface area contributed by atoms with Crippen LogP contribution >= 0.6 is 0 Å². The van der Waals surface area contributed by atoms with Gasteiger partial charge in [-0.1, -0.05) is 80.4 Å². The Kier molecular flexibility index (Phi) is 53.6. The predicted octanol–water partition coefficient (Wildman–Crippen LogP) is -10.3. The summed E-state index contributed by atoms with van der Waals surface area (Å²) >= 11 is 0. The smallest absolute Gasteiger partial charge is 0.549 e. The molecule has 0 saturated carbocycles. The number of benzene rings is 3. The van der Waals surface area contributed by atoms with E-state index in [4.69, 9.17) is 5.73 Å². The van der Waals surface area contributed by atoms with Crippen LogP contribution in [0.1, 0.15) is 133 Å². The van der Waals surface area contributed by atoms with Crippen LogP contribution in [0.2, 0.25) is 0 Å². The van der Waals surface area contributed by atoms with E-state index in [1.165, 1.54) is 50.1 Å². The molecule has 3 aromatic carbocycles. The summed E-state index contributed by atoms with van der Waals surface area (Å²) < 4.78 is 0. The van der Waals surface area contributed by atoms with Crippen LogP contribution < -0.4 is 90.2 Å². The number of aliphatic carboxylic acids is 10. The van der Waals surface area contributed by atoms with Crippen molar-refractivity contribution in [1.29, 1.82) is 0 Å². The Bertz CT molecular complexity index is 5180. The van der Waals surface area contributed by atoms with Crippen LogP contribution in [0.5, 0.6) is 5.75 Å². The number of fused-ring (bicyclic) bond motifs is 1. The van der Waals surface area contributed by atoms with Crippen molar-refractivity contribution >= 4 is 153 Å². The van der Waals surface area contributed by atoms with Crippen molar-refractivity contribution in [2.75, 3.05) is 85.1 Å². The topological polar surface area (TPSA) is 852 Å². The van der Waals surface area contributed by atoms with Crippen molar-refractivity contribution in [3.8, 4) is 5.75 Å². The number of carboxylic acids is 10. The number of para-hydroxylation sites is 1. The standard InChI is InChI=1S/C90H123N19O35.Lu/c1-3-4-13-56(83(137)105-66(42-75(125)126)90(144)103-63(79(91)133)39-50-10-6-5-7-11-50)97-89(143)65(41-52-43-92-55-14-9-8-12-54(52)55)96-67(111)44-93-81(135)64(40-51-15-17-53(110)18-16-51)104-80(134)49(2)94-82(136)58(20-26-70(115)116)98-85(139)60(22-28-72(119)120)100-87(141)62(24-30-74(123)124)102-88(142)61(23-29-73(121)122)101-86(140)59(21-27-71(117)118)99-84(138)57(19-25-69(113)114)95-68(112)45-106-31-33-107(46-76(127)128)35-37-109(48-78(131)132)38-36-108(34-32-106)47-77(129)130;/h5-12,14-18,43,49,56-66,92,110H,3-4,13,19-42,44-48H2,1-2H3,(H2,91,133)(H,93,135)(H,94,136)(H,95,112)(H,96,111)(H,97,143)(H,98,139)(H,99,138)(H,100,141)(H,101,140)(H,102,142)(H,103,144)(H,104,134)(H,105,137)(H,113,114)(H,115,116)(H,117,118)(H,119,120)(H,121,122)(H,123,124)(H,125,126)(H,127,128)(H,129,130)(H,131,132);/q;+3/p-3/t49-,56-,57+,58+,59+,60+,61+,62+,63-,64-,65-,66-;/m0./s1/i;1+2.